The molecule has 0 bridgehead atoms. The van der Waals surface area contributed by atoms with Crippen LogP contribution in [0.3, 0.4) is 0 Å². The Morgan fingerprint density at radius 2 is 1.80 bits per heavy atom. The largest absolute Gasteiger partial charge is 0.497 e. The van der Waals surface area contributed by atoms with Gasteiger partial charge in [0.2, 0.25) is 0 Å². The molecule has 2 N–H and O–H groups in total. The fourth-order valence-corrected chi connectivity index (χ4v) is 3.77. The fraction of sp³-hybridized carbons (Fsp3) is 0.391. The lowest BCUT2D eigenvalue weighted by Gasteiger charge is -2.37. The van der Waals surface area contributed by atoms with Crippen LogP contribution >= 0.6 is 0 Å². The zero-order valence-electron chi connectivity index (χ0n) is 17.1. The molecule has 4 rings (SSSR count). The summed E-state index contributed by atoms with van der Waals surface area (Å²) in [6.45, 7) is 2.12. The lowest BCUT2D eigenvalue weighted by Crippen LogP contribution is -2.44. The van der Waals surface area contributed by atoms with E-state index in [4.69, 9.17) is 9.47 Å². The molecule has 30 heavy (non-hydrogen) atoms. The van der Waals surface area contributed by atoms with Gasteiger partial charge in [-0.3, -0.25) is 4.98 Å². The van der Waals surface area contributed by atoms with Crippen LogP contribution in [0.2, 0.25) is 0 Å². The van der Waals surface area contributed by atoms with Crippen LogP contribution in [-0.4, -0.2) is 58.1 Å². The molecule has 0 amide bonds. The van der Waals surface area contributed by atoms with Crippen LogP contribution in [0.4, 0.5) is 0 Å². The van der Waals surface area contributed by atoms with Crippen molar-refractivity contribution in [2.24, 2.45) is 0 Å². The van der Waals surface area contributed by atoms with Crippen molar-refractivity contribution in [3.63, 3.8) is 0 Å². The number of hydrogen-bond donors (Lipinski definition) is 2. The number of rotatable bonds is 7. The number of aromatic nitrogens is 2. The van der Waals surface area contributed by atoms with Gasteiger partial charge >= 0.3 is 0 Å². The number of methoxy groups -OCH3 is 1. The Hall–Kier alpha value is -2.74. The summed E-state index contributed by atoms with van der Waals surface area (Å²) in [6.07, 6.45) is 2.42. The molecule has 0 radical (unpaired) electrons. The standard InChI is InChI=1S/C23H27N3O4/c1-29-17-5-4-6-18(15-17)30-22(27)9-12-26-13-10-23(28,11-14-26)21-16-24-19-7-2-3-8-20(19)25-21/h2-8,15-16,22,27-28H,9-14H2,1H3. The molecule has 3 aromatic rings. The van der Waals surface area contributed by atoms with Crippen molar-refractivity contribution in [3.05, 3.63) is 60.4 Å². The Morgan fingerprint density at radius 3 is 2.57 bits per heavy atom. The van der Waals surface area contributed by atoms with Gasteiger partial charge < -0.3 is 24.6 Å². The first-order valence-electron chi connectivity index (χ1n) is 10.2. The van der Waals surface area contributed by atoms with Crippen molar-refractivity contribution in [3.8, 4) is 11.5 Å². The van der Waals surface area contributed by atoms with Crippen LogP contribution in [0.15, 0.2) is 54.7 Å². The van der Waals surface area contributed by atoms with Gasteiger partial charge in [0.05, 0.1) is 30.0 Å². The van der Waals surface area contributed by atoms with E-state index in [2.05, 4.69) is 14.9 Å². The molecule has 1 aliphatic rings. The highest BCUT2D eigenvalue weighted by Crippen LogP contribution is 2.32. The number of ether oxygens (including phenoxy) is 2. The number of benzene rings is 2. The molecule has 1 aliphatic heterocycles. The molecule has 1 unspecified atom stereocenters. The van der Waals surface area contributed by atoms with Gasteiger partial charge in [0, 0.05) is 32.1 Å². The van der Waals surface area contributed by atoms with E-state index in [0.29, 0.717) is 43.0 Å². The average Bonchev–Trinajstić information content (AvgIpc) is 2.78. The molecule has 0 spiro atoms. The van der Waals surface area contributed by atoms with Gasteiger partial charge in [-0.05, 0) is 37.1 Å². The van der Waals surface area contributed by atoms with E-state index < -0.39 is 11.9 Å². The molecule has 1 fully saturated rings. The number of para-hydroxylation sites is 2. The number of likely N-dealkylation sites (tertiary alicyclic amines) is 1. The molecule has 2 heterocycles. The summed E-state index contributed by atoms with van der Waals surface area (Å²) < 4.78 is 10.7. The highest BCUT2D eigenvalue weighted by Gasteiger charge is 2.35. The Balaban J connectivity index is 1.29. The highest BCUT2D eigenvalue weighted by atomic mass is 16.6. The summed E-state index contributed by atoms with van der Waals surface area (Å²) in [5, 5.41) is 21.3. The van der Waals surface area contributed by atoms with E-state index in [1.165, 1.54) is 0 Å². The highest BCUT2D eigenvalue weighted by molar-refractivity contribution is 5.73. The third kappa shape index (κ3) is 4.70. The number of aliphatic hydroxyl groups excluding tert-OH is 1. The van der Waals surface area contributed by atoms with Crippen LogP contribution in [0.25, 0.3) is 11.0 Å². The smallest absolute Gasteiger partial charge is 0.198 e. The fourth-order valence-electron chi connectivity index (χ4n) is 3.77. The van der Waals surface area contributed by atoms with Crippen molar-refractivity contribution < 1.29 is 19.7 Å². The Kier molecular flexibility index (Phi) is 6.13. The number of piperidine rings is 1. The molecule has 158 valence electrons. The number of aliphatic hydroxyl groups is 2. The van der Waals surface area contributed by atoms with Crippen molar-refractivity contribution >= 4 is 11.0 Å². The predicted molar refractivity (Wildman–Crippen MR) is 113 cm³/mol. The number of nitrogens with zero attached hydrogens (tertiary/aromatic N) is 3. The molecule has 0 aliphatic carbocycles. The summed E-state index contributed by atoms with van der Waals surface area (Å²) in [5.74, 6) is 1.26. The minimum atomic E-state index is -0.969. The second-order valence-corrected chi connectivity index (χ2v) is 7.66. The molecule has 2 aromatic carbocycles. The normalized spacial score (nSPS) is 17.6. The monoisotopic (exact) mass is 409 g/mol. The van der Waals surface area contributed by atoms with Crippen LogP contribution in [0.5, 0.6) is 11.5 Å². The summed E-state index contributed by atoms with van der Waals surface area (Å²) >= 11 is 0. The van der Waals surface area contributed by atoms with Crippen LogP contribution in [0.1, 0.15) is 25.0 Å². The summed E-state index contributed by atoms with van der Waals surface area (Å²) in [5.41, 5.74) is 1.28. The maximum Gasteiger partial charge on any atom is 0.198 e. The molecular formula is C23H27N3O4. The first-order valence-corrected chi connectivity index (χ1v) is 10.2. The predicted octanol–water partition coefficient (Wildman–Crippen LogP) is 2.71. The number of hydrogen-bond acceptors (Lipinski definition) is 7. The lowest BCUT2D eigenvalue weighted by molar-refractivity contribution is -0.0491. The molecule has 1 atom stereocenters. The van der Waals surface area contributed by atoms with Gasteiger partial charge in [0.25, 0.3) is 0 Å². The first-order chi connectivity index (χ1) is 14.6. The number of fused-ring (bicyclic) bond motifs is 1. The van der Waals surface area contributed by atoms with Gasteiger partial charge in [-0.2, -0.15) is 0 Å². The second-order valence-electron chi connectivity index (χ2n) is 7.66. The molecule has 1 aromatic heterocycles. The zero-order chi connectivity index (χ0) is 21.0. The molecule has 1 saturated heterocycles. The molecular weight excluding hydrogens is 382 g/mol. The minimum Gasteiger partial charge on any atom is -0.497 e. The first kappa shape index (κ1) is 20.5. The summed E-state index contributed by atoms with van der Waals surface area (Å²) in [6, 6.07) is 14.9. The third-order valence-electron chi connectivity index (χ3n) is 5.61. The van der Waals surface area contributed by atoms with Gasteiger partial charge in [-0.25, -0.2) is 4.98 Å². The maximum absolute atomic E-state index is 11.1. The van der Waals surface area contributed by atoms with Gasteiger partial charge in [-0.15, -0.1) is 0 Å². The SMILES string of the molecule is COc1cccc(OC(O)CCN2CCC(O)(c3cnc4ccccc4n3)CC2)c1. The Morgan fingerprint density at radius 1 is 1.07 bits per heavy atom. The topological polar surface area (TPSA) is 87.9 Å². The lowest BCUT2D eigenvalue weighted by atomic mass is 9.88. The van der Waals surface area contributed by atoms with Gasteiger partial charge in [0.15, 0.2) is 6.29 Å². The van der Waals surface area contributed by atoms with Gasteiger partial charge in [0.1, 0.15) is 17.1 Å². The van der Waals surface area contributed by atoms with Crippen LogP contribution in [0, 0.1) is 0 Å². The zero-order valence-corrected chi connectivity index (χ0v) is 17.1. The van der Waals surface area contributed by atoms with Crippen molar-refractivity contribution in [2.45, 2.75) is 31.2 Å². The Labute approximate surface area is 175 Å². The van der Waals surface area contributed by atoms with E-state index in [1.807, 2.05) is 36.4 Å². The summed E-state index contributed by atoms with van der Waals surface area (Å²) in [4.78, 5) is 11.3. The second kappa shape index (κ2) is 8.95. The van der Waals surface area contributed by atoms with Gasteiger partial charge in [-0.1, -0.05) is 18.2 Å². The van der Waals surface area contributed by atoms with Crippen LogP contribution < -0.4 is 9.47 Å². The molecule has 7 nitrogen and oxygen atoms in total. The Bertz CT molecular complexity index is 989. The molecule has 7 heteroatoms. The van der Waals surface area contributed by atoms with Crippen LogP contribution in [-0.2, 0) is 5.60 Å². The van der Waals surface area contributed by atoms with Crippen molar-refractivity contribution in [1.82, 2.24) is 14.9 Å². The quantitative estimate of drug-likeness (QED) is 0.580. The third-order valence-corrected chi connectivity index (χ3v) is 5.61. The molecule has 0 saturated carbocycles. The average molecular weight is 409 g/mol. The van der Waals surface area contributed by atoms with E-state index in [9.17, 15) is 10.2 Å². The van der Waals surface area contributed by atoms with E-state index in [1.54, 1.807) is 25.4 Å². The van der Waals surface area contributed by atoms with E-state index in [-0.39, 0.29) is 0 Å². The van der Waals surface area contributed by atoms with E-state index in [0.717, 1.165) is 24.1 Å². The maximum atomic E-state index is 11.1. The van der Waals surface area contributed by atoms with Crippen molar-refractivity contribution in [1.29, 1.82) is 0 Å². The van der Waals surface area contributed by atoms with E-state index >= 15 is 0 Å². The minimum absolute atomic E-state index is 0.478. The summed E-state index contributed by atoms with van der Waals surface area (Å²) in [7, 11) is 1.59. The van der Waals surface area contributed by atoms with Crippen molar-refractivity contribution in [2.75, 3.05) is 26.7 Å².